The lowest BCUT2D eigenvalue weighted by atomic mass is 10.1. The molecule has 0 aromatic carbocycles. The van der Waals surface area contributed by atoms with E-state index in [1.165, 1.54) is 30.7 Å². The summed E-state index contributed by atoms with van der Waals surface area (Å²) in [6.07, 6.45) is 4.79. The maximum Gasteiger partial charge on any atom is 0.0862 e. The molecular weight excluding hydrogens is 164 g/mol. The third-order valence-corrected chi connectivity index (χ3v) is 3.10. The zero-order valence-electron chi connectivity index (χ0n) is 7.61. The van der Waals surface area contributed by atoms with E-state index >= 15 is 0 Å². The number of nitrogens with two attached hydrogens (primary N) is 1. The molecule has 2 N–H and O–H groups in total. The third kappa shape index (κ3) is 1.01. The molecule has 1 unspecified atom stereocenters. The van der Waals surface area contributed by atoms with Gasteiger partial charge < -0.3 is 5.73 Å². The lowest BCUT2D eigenvalue weighted by Gasteiger charge is -2.09. The van der Waals surface area contributed by atoms with Gasteiger partial charge in [-0.15, -0.1) is 5.10 Å². The highest BCUT2D eigenvalue weighted by Gasteiger charge is 2.34. The number of hydrogen-bond donors (Lipinski definition) is 1. The molecule has 3 rings (SSSR count). The van der Waals surface area contributed by atoms with Crippen LogP contribution in [-0.4, -0.2) is 21.5 Å². The molecule has 0 spiro atoms. The molecule has 4 nitrogen and oxygen atoms in total. The second kappa shape index (κ2) is 2.54. The van der Waals surface area contributed by atoms with E-state index in [0.717, 1.165) is 13.0 Å². The van der Waals surface area contributed by atoms with Crippen LogP contribution in [0.1, 0.15) is 42.6 Å². The molecule has 0 radical (unpaired) electrons. The summed E-state index contributed by atoms with van der Waals surface area (Å²) < 4.78 is 2.12. The topological polar surface area (TPSA) is 56.7 Å². The maximum atomic E-state index is 5.73. The first kappa shape index (κ1) is 7.50. The number of aryl methyl sites for hydroxylation is 1. The fourth-order valence-electron chi connectivity index (χ4n) is 2.20. The molecule has 0 amide bonds. The molecule has 1 aromatic heterocycles. The van der Waals surface area contributed by atoms with Gasteiger partial charge in [0.25, 0.3) is 0 Å². The Morgan fingerprint density at radius 3 is 2.92 bits per heavy atom. The van der Waals surface area contributed by atoms with Crippen molar-refractivity contribution in [3.05, 3.63) is 11.4 Å². The van der Waals surface area contributed by atoms with Gasteiger partial charge in [-0.3, -0.25) is 0 Å². The summed E-state index contributed by atoms with van der Waals surface area (Å²) >= 11 is 0. The Morgan fingerprint density at radius 2 is 2.23 bits per heavy atom. The van der Waals surface area contributed by atoms with Crippen LogP contribution >= 0.6 is 0 Å². The van der Waals surface area contributed by atoms with Gasteiger partial charge in [-0.05, 0) is 25.7 Å². The van der Waals surface area contributed by atoms with Crippen LogP contribution in [0.5, 0.6) is 0 Å². The van der Waals surface area contributed by atoms with Crippen LogP contribution in [0, 0.1) is 0 Å². The van der Waals surface area contributed by atoms with E-state index in [0.29, 0.717) is 12.0 Å². The molecule has 0 bridgehead atoms. The predicted molar refractivity (Wildman–Crippen MR) is 48.4 cm³/mol. The van der Waals surface area contributed by atoms with Crippen molar-refractivity contribution in [2.75, 3.05) is 6.54 Å². The summed E-state index contributed by atoms with van der Waals surface area (Å²) in [6, 6.07) is 0.642. The Hall–Kier alpha value is -0.900. The molecule has 2 aliphatic rings. The third-order valence-electron chi connectivity index (χ3n) is 3.10. The van der Waals surface area contributed by atoms with Gasteiger partial charge in [0.05, 0.1) is 17.4 Å². The first-order valence-electron chi connectivity index (χ1n) is 5.04. The van der Waals surface area contributed by atoms with Gasteiger partial charge in [-0.1, -0.05) is 5.21 Å². The van der Waals surface area contributed by atoms with E-state index in [9.17, 15) is 0 Å². The summed E-state index contributed by atoms with van der Waals surface area (Å²) in [7, 11) is 0. The van der Waals surface area contributed by atoms with Crippen LogP contribution in [0.4, 0.5) is 0 Å². The minimum Gasteiger partial charge on any atom is -0.330 e. The maximum absolute atomic E-state index is 5.73. The second-order valence-electron chi connectivity index (χ2n) is 4.07. The Bertz CT molecular complexity index is 326. The second-order valence-corrected chi connectivity index (χ2v) is 4.07. The minimum absolute atomic E-state index is 0.519. The molecule has 0 aliphatic heterocycles. The van der Waals surface area contributed by atoms with Gasteiger partial charge in [0.1, 0.15) is 0 Å². The summed E-state index contributed by atoms with van der Waals surface area (Å²) in [6.45, 7) is 0.743. The van der Waals surface area contributed by atoms with Gasteiger partial charge in [0.2, 0.25) is 0 Å². The largest absolute Gasteiger partial charge is 0.330 e. The first-order valence-corrected chi connectivity index (χ1v) is 5.04. The van der Waals surface area contributed by atoms with Gasteiger partial charge in [0.15, 0.2) is 0 Å². The Labute approximate surface area is 77.1 Å². The van der Waals surface area contributed by atoms with E-state index in [-0.39, 0.29) is 0 Å². The van der Waals surface area contributed by atoms with Crippen molar-refractivity contribution in [1.82, 2.24) is 15.0 Å². The summed E-state index contributed by atoms with van der Waals surface area (Å²) in [5.41, 5.74) is 8.26. The molecule has 4 heteroatoms. The van der Waals surface area contributed by atoms with E-state index in [4.69, 9.17) is 5.73 Å². The van der Waals surface area contributed by atoms with E-state index in [2.05, 4.69) is 15.0 Å². The molecule has 1 saturated carbocycles. The van der Waals surface area contributed by atoms with Gasteiger partial charge in [-0.2, -0.15) is 0 Å². The van der Waals surface area contributed by atoms with Crippen molar-refractivity contribution in [3.8, 4) is 0 Å². The van der Waals surface area contributed by atoms with Crippen LogP contribution in [0.2, 0.25) is 0 Å². The van der Waals surface area contributed by atoms with E-state index in [1.807, 2.05) is 0 Å². The SMILES string of the molecule is NCC1CCc2nnn(C3CC3)c21. The monoisotopic (exact) mass is 178 g/mol. The number of nitrogens with zero attached hydrogens (tertiary/aromatic N) is 3. The molecule has 0 saturated heterocycles. The lowest BCUT2D eigenvalue weighted by Crippen LogP contribution is -2.14. The van der Waals surface area contributed by atoms with E-state index < -0.39 is 0 Å². The van der Waals surface area contributed by atoms with Gasteiger partial charge in [-0.25, -0.2) is 4.68 Å². The normalized spacial score (nSPS) is 26.4. The van der Waals surface area contributed by atoms with Gasteiger partial charge in [0, 0.05) is 12.5 Å². The summed E-state index contributed by atoms with van der Waals surface area (Å²) in [4.78, 5) is 0. The molecule has 1 fully saturated rings. The zero-order chi connectivity index (χ0) is 8.84. The van der Waals surface area contributed by atoms with Crippen LogP contribution in [0.25, 0.3) is 0 Å². The Balaban J connectivity index is 2.03. The molecule has 1 heterocycles. The van der Waals surface area contributed by atoms with Crippen LogP contribution in [0.3, 0.4) is 0 Å². The predicted octanol–water partition coefficient (Wildman–Crippen LogP) is 0.601. The molecule has 2 aliphatic carbocycles. The average molecular weight is 178 g/mol. The van der Waals surface area contributed by atoms with Crippen LogP contribution in [0.15, 0.2) is 0 Å². The highest BCUT2D eigenvalue weighted by Crippen LogP contribution is 2.40. The molecular formula is C9H14N4. The number of hydrogen-bond acceptors (Lipinski definition) is 3. The van der Waals surface area contributed by atoms with Crippen LogP contribution < -0.4 is 5.73 Å². The molecule has 1 aromatic rings. The van der Waals surface area contributed by atoms with Crippen LogP contribution in [-0.2, 0) is 6.42 Å². The number of rotatable bonds is 2. The van der Waals surface area contributed by atoms with Crippen molar-refractivity contribution in [2.24, 2.45) is 5.73 Å². The van der Waals surface area contributed by atoms with E-state index in [1.54, 1.807) is 0 Å². The fraction of sp³-hybridized carbons (Fsp3) is 0.778. The zero-order valence-corrected chi connectivity index (χ0v) is 7.61. The van der Waals surface area contributed by atoms with Crippen molar-refractivity contribution in [2.45, 2.75) is 37.6 Å². The van der Waals surface area contributed by atoms with Crippen molar-refractivity contribution < 1.29 is 0 Å². The molecule has 70 valence electrons. The smallest absolute Gasteiger partial charge is 0.0862 e. The number of fused-ring (bicyclic) bond motifs is 1. The highest BCUT2D eigenvalue weighted by atomic mass is 15.5. The lowest BCUT2D eigenvalue weighted by molar-refractivity contribution is 0.537. The highest BCUT2D eigenvalue weighted by molar-refractivity contribution is 5.23. The summed E-state index contributed by atoms with van der Waals surface area (Å²) in [5, 5.41) is 8.42. The molecule has 1 atom stereocenters. The van der Waals surface area contributed by atoms with Crippen molar-refractivity contribution in [3.63, 3.8) is 0 Å². The Morgan fingerprint density at radius 1 is 1.38 bits per heavy atom. The standard InChI is InChI=1S/C9H14N4/c10-5-6-1-4-8-9(6)13(12-11-8)7-2-3-7/h6-7H,1-5,10H2. The van der Waals surface area contributed by atoms with Gasteiger partial charge >= 0.3 is 0 Å². The van der Waals surface area contributed by atoms with Crippen molar-refractivity contribution in [1.29, 1.82) is 0 Å². The Kier molecular flexibility index (Phi) is 1.47. The molecule has 13 heavy (non-hydrogen) atoms. The first-order chi connectivity index (χ1) is 6.40. The quantitative estimate of drug-likeness (QED) is 0.721. The fourth-order valence-corrected chi connectivity index (χ4v) is 2.20. The minimum atomic E-state index is 0.519. The summed E-state index contributed by atoms with van der Waals surface area (Å²) in [5.74, 6) is 0.519. The number of aromatic nitrogens is 3. The average Bonchev–Trinajstić information content (AvgIpc) is 2.78. The van der Waals surface area contributed by atoms with Crippen molar-refractivity contribution >= 4 is 0 Å².